The molecule has 0 saturated carbocycles. The normalized spacial score (nSPS) is 12.2. The highest BCUT2D eigenvalue weighted by Gasteiger charge is 2.14. The smallest absolute Gasteiger partial charge is 0.264 e. The second kappa shape index (κ2) is 12.6. The van der Waals surface area contributed by atoms with Crippen LogP contribution in [0.15, 0.2) is 59.5 Å². The average molecular weight is 538 g/mol. The van der Waals surface area contributed by atoms with E-state index in [1.165, 1.54) is 24.3 Å². The van der Waals surface area contributed by atoms with Crippen molar-refractivity contribution in [3.8, 4) is 16.9 Å². The van der Waals surface area contributed by atoms with Gasteiger partial charge in [0, 0.05) is 5.56 Å². The van der Waals surface area contributed by atoms with Crippen molar-refractivity contribution in [3.63, 3.8) is 0 Å². The lowest BCUT2D eigenvalue weighted by Gasteiger charge is -2.08. The molecule has 2 N–H and O–H groups in total. The van der Waals surface area contributed by atoms with E-state index in [0.29, 0.717) is 5.69 Å². The largest absolute Gasteiger partial charge is 0.270 e. The van der Waals surface area contributed by atoms with Crippen LogP contribution in [0.5, 0.6) is 0 Å². The number of primary sulfonamides is 1. The Morgan fingerprint density at radius 1 is 0.861 bits per heavy atom. The number of unbranched alkanes of at least 4 members (excludes halogenated alkanes) is 6. The first-order chi connectivity index (χ1) is 17.0. The number of hydrogen-bond donors (Lipinski definition) is 1. The van der Waals surface area contributed by atoms with Crippen molar-refractivity contribution in [2.75, 3.05) is 12.9 Å². The van der Waals surface area contributed by atoms with E-state index in [4.69, 9.17) is 14.4 Å². The lowest BCUT2D eigenvalue weighted by atomic mass is 10.1. The first-order valence-electron chi connectivity index (χ1n) is 11.9. The second-order valence-electron chi connectivity index (χ2n) is 8.73. The molecule has 0 aliphatic carbocycles. The summed E-state index contributed by atoms with van der Waals surface area (Å²) >= 11 is 0. The lowest BCUT2D eigenvalue weighted by Crippen LogP contribution is -2.12. The minimum absolute atomic E-state index is 0.0184. The summed E-state index contributed by atoms with van der Waals surface area (Å²) in [6, 6.07) is 14.3. The number of halogens is 1. The van der Waals surface area contributed by atoms with Gasteiger partial charge >= 0.3 is 0 Å². The van der Waals surface area contributed by atoms with Crippen LogP contribution < -0.4 is 5.14 Å². The molecule has 36 heavy (non-hydrogen) atoms. The highest BCUT2D eigenvalue weighted by molar-refractivity contribution is 7.89. The summed E-state index contributed by atoms with van der Waals surface area (Å²) in [5.41, 5.74) is 3.14. The molecule has 0 bridgehead atoms. The number of rotatable bonds is 14. The maximum absolute atomic E-state index is 13.5. The molecule has 3 rings (SSSR count). The predicted octanol–water partition coefficient (Wildman–Crippen LogP) is 4.58. The summed E-state index contributed by atoms with van der Waals surface area (Å²) in [6.45, 7) is 0.239. The second-order valence-corrected chi connectivity index (χ2v) is 11.9. The van der Waals surface area contributed by atoms with Gasteiger partial charge in [0.2, 0.25) is 10.0 Å². The summed E-state index contributed by atoms with van der Waals surface area (Å²) in [4.78, 5) is 0.0184. The molecule has 0 spiro atoms. The molecule has 0 fully saturated rings. The fourth-order valence-corrected chi connectivity index (χ4v) is 4.79. The molecule has 0 saturated heterocycles. The van der Waals surface area contributed by atoms with Crippen LogP contribution >= 0.6 is 0 Å². The van der Waals surface area contributed by atoms with Gasteiger partial charge in [-0.1, -0.05) is 32.1 Å². The number of sulfonamides is 1. The Kier molecular flexibility index (Phi) is 9.77. The van der Waals surface area contributed by atoms with Crippen molar-refractivity contribution in [1.29, 1.82) is 0 Å². The molecule has 8 nitrogen and oxygen atoms in total. The van der Waals surface area contributed by atoms with Crippen molar-refractivity contribution in [3.05, 3.63) is 66.1 Å². The Balaban J connectivity index is 1.58. The van der Waals surface area contributed by atoms with E-state index < -0.39 is 20.1 Å². The molecule has 0 aliphatic heterocycles. The van der Waals surface area contributed by atoms with Crippen LogP contribution in [0.3, 0.4) is 0 Å². The highest BCUT2D eigenvalue weighted by atomic mass is 32.2. The number of aromatic nitrogens is 2. The molecule has 2 aromatic carbocycles. The van der Waals surface area contributed by atoms with E-state index in [9.17, 15) is 21.2 Å². The quantitative estimate of drug-likeness (QED) is 0.237. The molecule has 196 valence electrons. The number of benzene rings is 2. The highest BCUT2D eigenvalue weighted by Crippen LogP contribution is 2.26. The van der Waals surface area contributed by atoms with Gasteiger partial charge in [-0.15, -0.1) is 0 Å². The third-order valence-corrected chi connectivity index (χ3v) is 7.21. The van der Waals surface area contributed by atoms with Crippen molar-refractivity contribution < 1.29 is 25.4 Å². The zero-order valence-electron chi connectivity index (χ0n) is 20.3. The molecule has 0 unspecified atom stereocenters. The molecular weight excluding hydrogens is 505 g/mol. The molecular formula is C25H32FN3O5S2. The van der Waals surface area contributed by atoms with Crippen LogP contribution in [0.4, 0.5) is 4.39 Å². The molecule has 11 heteroatoms. The minimum Gasteiger partial charge on any atom is -0.270 e. The van der Waals surface area contributed by atoms with E-state index in [2.05, 4.69) is 0 Å². The molecule has 3 aromatic rings. The van der Waals surface area contributed by atoms with Crippen LogP contribution in [0.25, 0.3) is 16.9 Å². The number of hydrogen-bond acceptors (Lipinski definition) is 6. The summed E-state index contributed by atoms with van der Waals surface area (Å²) < 4.78 is 65.0. The molecule has 0 radical (unpaired) electrons. The monoisotopic (exact) mass is 537 g/mol. The van der Waals surface area contributed by atoms with Crippen LogP contribution in [0, 0.1) is 5.82 Å². The van der Waals surface area contributed by atoms with E-state index >= 15 is 0 Å². The third kappa shape index (κ3) is 8.81. The van der Waals surface area contributed by atoms with Gasteiger partial charge in [0.25, 0.3) is 10.1 Å². The topological polar surface area (TPSA) is 121 Å². The van der Waals surface area contributed by atoms with Gasteiger partial charge in [-0.2, -0.15) is 13.5 Å². The van der Waals surface area contributed by atoms with Gasteiger partial charge in [0.15, 0.2) is 0 Å². The molecule has 0 atom stereocenters. The van der Waals surface area contributed by atoms with Gasteiger partial charge in [-0.05, 0) is 73.9 Å². The maximum Gasteiger partial charge on any atom is 0.264 e. The van der Waals surface area contributed by atoms with Gasteiger partial charge in [-0.25, -0.2) is 22.6 Å². The van der Waals surface area contributed by atoms with E-state index in [1.807, 2.05) is 6.07 Å². The van der Waals surface area contributed by atoms with Gasteiger partial charge in [-0.3, -0.25) is 4.18 Å². The van der Waals surface area contributed by atoms with Gasteiger partial charge in [0.05, 0.1) is 34.8 Å². The minimum atomic E-state index is -3.80. The first kappa shape index (κ1) is 28.0. The fourth-order valence-electron chi connectivity index (χ4n) is 3.85. The van der Waals surface area contributed by atoms with E-state index in [0.717, 1.165) is 74.6 Å². The molecule has 1 heterocycles. The summed E-state index contributed by atoms with van der Waals surface area (Å²) in [6.07, 6.45) is 8.69. The number of aryl methyl sites for hydroxylation is 1. The average Bonchev–Trinajstić information content (AvgIpc) is 3.24. The standard InChI is InChI=1S/C25H32FN3O5S2/c1-35(30,31)34-18-8-6-4-2-3-5-7-9-22-19-25(20-10-12-21(26)13-11-20)29(28-22)23-14-16-24(17-15-23)36(27,32)33/h10-17,19H,2-9,18H2,1H3,(H2,27,32,33). The van der Waals surface area contributed by atoms with Crippen LogP contribution in [0.2, 0.25) is 0 Å². The van der Waals surface area contributed by atoms with Crippen molar-refractivity contribution >= 4 is 20.1 Å². The van der Waals surface area contributed by atoms with Gasteiger partial charge in [0.1, 0.15) is 5.82 Å². The first-order valence-corrected chi connectivity index (χ1v) is 15.2. The lowest BCUT2D eigenvalue weighted by molar-refractivity contribution is 0.309. The SMILES string of the molecule is CS(=O)(=O)OCCCCCCCCCc1cc(-c2ccc(F)cc2)n(-c2ccc(S(N)(=O)=O)cc2)n1. The third-order valence-electron chi connectivity index (χ3n) is 5.68. The number of nitrogens with zero attached hydrogens (tertiary/aromatic N) is 2. The molecule has 1 aromatic heterocycles. The van der Waals surface area contributed by atoms with Crippen molar-refractivity contribution in [2.24, 2.45) is 5.14 Å². The summed E-state index contributed by atoms with van der Waals surface area (Å²) in [5, 5.41) is 9.94. The molecule has 0 amide bonds. The fraction of sp³-hybridized carbons (Fsp3) is 0.400. The maximum atomic E-state index is 13.5. The Labute approximate surface area is 212 Å². The Hall–Kier alpha value is -2.60. The number of nitrogens with two attached hydrogens (primary N) is 1. The van der Waals surface area contributed by atoms with Crippen LogP contribution in [-0.4, -0.2) is 39.5 Å². The van der Waals surface area contributed by atoms with Gasteiger partial charge < -0.3 is 0 Å². The van der Waals surface area contributed by atoms with Crippen molar-refractivity contribution in [1.82, 2.24) is 9.78 Å². The zero-order valence-corrected chi connectivity index (χ0v) is 21.9. The Morgan fingerprint density at radius 3 is 2.03 bits per heavy atom. The zero-order chi connectivity index (χ0) is 26.2. The van der Waals surface area contributed by atoms with Crippen LogP contribution in [0.1, 0.15) is 50.6 Å². The van der Waals surface area contributed by atoms with Crippen LogP contribution in [-0.2, 0) is 30.7 Å². The predicted molar refractivity (Wildman–Crippen MR) is 137 cm³/mol. The summed E-state index contributed by atoms with van der Waals surface area (Å²) in [7, 11) is -7.15. The Morgan fingerprint density at radius 2 is 1.44 bits per heavy atom. The van der Waals surface area contributed by atoms with E-state index in [1.54, 1.807) is 28.9 Å². The van der Waals surface area contributed by atoms with Crippen molar-refractivity contribution in [2.45, 2.75) is 56.3 Å². The molecule has 0 aliphatic rings. The Bertz CT molecular complexity index is 1340. The summed E-state index contributed by atoms with van der Waals surface area (Å²) in [5.74, 6) is -0.328. The van der Waals surface area contributed by atoms with E-state index in [-0.39, 0.29) is 17.3 Å².